The quantitative estimate of drug-likeness (QED) is 0.763. The van der Waals surface area contributed by atoms with Crippen LogP contribution in [0, 0.1) is 5.92 Å². The summed E-state index contributed by atoms with van der Waals surface area (Å²) < 4.78 is 8.06. The molecule has 4 rings (SSSR count). The van der Waals surface area contributed by atoms with E-state index in [4.69, 9.17) is 4.42 Å². The maximum absolute atomic E-state index is 12.8. The van der Waals surface area contributed by atoms with E-state index in [1.165, 1.54) is 19.3 Å². The van der Waals surface area contributed by atoms with E-state index >= 15 is 0 Å². The molecule has 3 heterocycles. The number of rotatable bonds is 6. The van der Waals surface area contributed by atoms with Crippen molar-refractivity contribution in [3.8, 4) is 0 Å². The number of hydrogen-bond acceptors (Lipinski definition) is 4. The number of likely N-dealkylation sites (tertiary alicyclic amines) is 1. The molecule has 0 bridgehead atoms. The van der Waals surface area contributed by atoms with Crippen molar-refractivity contribution in [1.82, 2.24) is 14.5 Å². The SMILES string of the molecule is CSCc1ccc(C(=O)N2CCC[C@H](c3nccn3CC3CCC3)C2)o1. The van der Waals surface area contributed by atoms with Crippen molar-refractivity contribution in [2.24, 2.45) is 5.92 Å². The molecular weight excluding hydrogens is 346 g/mol. The van der Waals surface area contributed by atoms with Gasteiger partial charge in [-0.25, -0.2) is 4.98 Å². The van der Waals surface area contributed by atoms with Gasteiger partial charge in [-0.3, -0.25) is 4.79 Å². The number of carbonyl (C=O) groups excluding carboxylic acids is 1. The van der Waals surface area contributed by atoms with Crippen molar-refractivity contribution in [2.75, 3.05) is 19.3 Å². The van der Waals surface area contributed by atoms with Gasteiger partial charge in [-0.1, -0.05) is 6.42 Å². The van der Waals surface area contributed by atoms with Crippen LogP contribution in [0.3, 0.4) is 0 Å². The van der Waals surface area contributed by atoms with Crippen LogP contribution in [-0.2, 0) is 12.3 Å². The van der Waals surface area contributed by atoms with Gasteiger partial charge in [0, 0.05) is 37.9 Å². The van der Waals surface area contributed by atoms with Crippen LogP contribution >= 0.6 is 11.8 Å². The maximum Gasteiger partial charge on any atom is 0.289 e. The summed E-state index contributed by atoms with van der Waals surface area (Å²) in [7, 11) is 0. The fourth-order valence-electron chi connectivity index (χ4n) is 4.03. The van der Waals surface area contributed by atoms with Crippen molar-refractivity contribution in [1.29, 1.82) is 0 Å². The second-order valence-electron chi connectivity index (χ2n) is 7.52. The topological polar surface area (TPSA) is 51.3 Å². The summed E-state index contributed by atoms with van der Waals surface area (Å²) in [6.07, 6.45) is 12.2. The zero-order valence-corrected chi connectivity index (χ0v) is 16.2. The lowest BCUT2D eigenvalue weighted by Crippen LogP contribution is -2.39. The van der Waals surface area contributed by atoms with Gasteiger partial charge in [0.15, 0.2) is 5.76 Å². The van der Waals surface area contributed by atoms with Crippen molar-refractivity contribution >= 4 is 17.7 Å². The Morgan fingerprint density at radius 2 is 2.19 bits per heavy atom. The number of imidazole rings is 1. The number of thioether (sulfide) groups is 1. The van der Waals surface area contributed by atoms with Crippen LogP contribution in [0.5, 0.6) is 0 Å². The minimum atomic E-state index is 0.0131. The van der Waals surface area contributed by atoms with E-state index in [-0.39, 0.29) is 5.91 Å². The Balaban J connectivity index is 1.43. The number of hydrogen-bond donors (Lipinski definition) is 0. The predicted octanol–water partition coefficient (Wildman–Crippen LogP) is 4.16. The Kier molecular flexibility index (Phi) is 5.38. The summed E-state index contributed by atoms with van der Waals surface area (Å²) in [5.74, 6) is 4.42. The lowest BCUT2D eigenvalue weighted by Gasteiger charge is -2.33. The van der Waals surface area contributed by atoms with Crippen LogP contribution in [0.25, 0.3) is 0 Å². The molecule has 1 aliphatic carbocycles. The number of carbonyl (C=O) groups is 1. The zero-order valence-electron chi connectivity index (χ0n) is 15.4. The number of piperidine rings is 1. The van der Waals surface area contributed by atoms with Gasteiger partial charge in [-0.2, -0.15) is 11.8 Å². The standard InChI is InChI=1S/C20H27N3O2S/c1-26-14-17-7-8-18(25-17)20(24)23-10-3-6-16(13-23)19-21-9-11-22(19)12-15-4-2-5-15/h7-9,11,15-16H,2-6,10,12-14H2,1H3/t16-/m0/s1. The highest BCUT2D eigenvalue weighted by atomic mass is 32.2. The molecule has 2 aromatic rings. The first kappa shape index (κ1) is 17.7. The van der Waals surface area contributed by atoms with Crippen LogP contribution in [0.1, 0.15) is 60.2 Å². The highest BCUT2D eigenvalue weighted by Crippen LogP contribution is 2.31. The largest absolute Gasteiger partial charge is 0.455 e. The first-order chi connectivity index (χ1) is 12.7. The maximum atomic E-state index is 12.8. The number of furan rings is 1. The Labute approximate surface area is 159 Å². The van der Waals surface area contributed by atoms with Gasteiger partial charge < -0.3 is 13.9 Å². The molecule has 1 atom stereocenters. The molecule has 140 valence electrons. The van der Waals surface area contributed by atoms with Crippen LogP contribution in [0.15, 0.2) is 28.9 Å². The number of amides is 1. The molecule has 26 heavy (non-hydrogen) atoms. The third-order valence-corrected chi connectivity index (χ3v) is 6.23. The molecule has 0 spiro atoms. The van der Waals surface area contributed by atoms with Crippen LogP contribution in [0.2, 0.25) is 0 Å². The average molecular weight is 374 g/mol. The van der Waals surface area contributed by atoms with E-state index < -0.39 is 0 Å². The van der Waals surface area contributed by atoms with Gasteiger partial charge >= 0.3 is 0 Å². The van der Waals surface area contributed by atoms with Crippen molar-refractivity contribution < 1.29 is 9.21 Å². The summed E-state index contributed by atoms with van der Waals surface area (Å²) in [5, 5.41) is 0. The smallest absolute Gasteiger partial charge is 0.289 e. The molecular formula is C20H27N3O2S. The van der Waals surface area contributed by atoms with Gasteiger partial charge in [0.2, 0.25) is 0 Å². The fraction of sp³-hybridized carbons (Fsp3) is 0.600. The second kappa shape index (κ2) is 7.91. The van der Waals surface area contributed by atoms with Gasteiger partial charge in [-0.15, -0.1) is 0 Å². The number of aromatic nitrogens is 2. The summed E-state index contributed by atoms with van der Waals surface area (Å²) in [5.41, 5.74) is 0. The first-order valence-corrected chi connectivity index (χ1v) is 11.0. The summed E-state index contributed by atoms with van der Waals surface area (Å²) in [6, 6.07) is 3.73. The lowest BCUT2D eigenvalue weighted by atomic mass is 9.85. The zero-order chi connectivity index (χ0) is 17.9. The van der Waals surface area contributed by atoms with E-state index in [2.05, 4.69) is 15.7 Å². The highest BCUT2D eigenvalue weighted by Gasteiger charge is 2.30. The van der Waals surface area contributed by atoms with Gasteiger partial charge in [0.25, 0.3) is 5.91 Å². The van der Waals surface area contributed by atoms with Gasteiger partial charge in [-0.05, 0) is 50.0 Å². The first-order valence-electron chi connectivity index (χ1n) is 9.62. The van der Waals surface area contributed by atoms with Gasteiger partial charge in [0.05, 0.1) is 5.75 Å². The molecule has 2 aliphatic rings. The molecule has 6 heteroatoms. The van der Waals surface area contributed by atoms with E-state index in [1.54, 1.807) is 11.8 Å². The van der Waals surface area contributed by atoms with E-state index in [0.29, 0.717) is 11.7 Å². The number of nitrogens with zero attached hydrogens (tertiary/aromatic N) is 3. The van der Waals surface area contributed by atoms with Crippen molar-refractivity contribution in [3.63, 3.8) is 0 Å². The summed E-state index contributed by atoms with van der Waals surface area (Å²) in [4.78, 5) is 19.4. The molecule has 0 radical (unpaired) electrons. The normalized spacial score (nSPS) is 21.0. The molecule has 1 aliphatic heterocycles. The van der Waals surface area contributed by atoms with Gasteiger partial charge in [0.1, 0.15) is 11.6 Å². The molecule has 2 aromatic heterocycles. The third-order valence-electron chi connectivity index (χ3n) is 5.66. The van der Waals surface area contributed by atoms with Crippen LogP contribution < -0.4 is 0 Å². The highest BCUT2D eigenvalue weighted by molar-refractivity contribution is 7.97. The molecule has 5 nitrogen and oxygen atoms in total. The molecule has 1 amide bonds. The average Bonchev–Trinajstić information content (AvgIpc) is 3.27. The molecule has 0 unspecified atom stereocenters. The third kappa shape index (κ3) is 3.70. The molecule has 1 saturated carbocycles. The van der Waals surface area contributed by atoms with Crippen molar-refractivity contribution in [3.05, 3.63) is 41.9 Å². The molecule has 2 fully saturated rings. The Bertz CT molecular complexity index is 750. The summed E-state index contributed by atoms with van der Waals surface area (Å²) >= 11 is 1.70. The van der Waals surface area contributed by atoms with E-state index in [1.807, 2.05) is 29.5 Å². The van der Waals surface area contributed by atoms with Crippen LogP contribution in [-0.4, -0.2) is 39.7 Å². The lowest BCUT2D eigenvalue weighted by molar-refractivity contribution is 0.0669. The fourth-order valence-corrected chi connectivity index (χ4v) is 4.47. The predicted molar refractivity (Wildman–Crippen MR) is 103 cm³/mol. The van der Waals surface area contributed by atoms with E-state index in [0.717, 1.165) is 55.7 Å². The monoisotopic (exact) mass is 373 g/mol. The Morgan fingerprint density at radius 1 is 1.31 bits per heavy atom. The second-order valence-corrected chi connectivity index (χ2v) is 8.39. The van der Waals surface area contributed by atoms with Crippen molar-refractivity contribution in [2.45, 2.75) is 50.3 Å². The summed E-state index contributed by atoms with van der Waals surface area (Å²) in [6.45, 7) is 2.62. The minimum Gasteiger partial charge on any atom is -0.455 e. The Hall–Kier alpha value is -1.69. The van der Waals surface area contributed by atoms with E-state index in [9.17, 15) is 4.79 Å². The Morgan fingerprint density at radius 3 is 2.96 bits per heavy atom. The minimum absolute atomic E-state index is 0.0131. The molecule has 1 saturated heterocycles. The van der Waals surface area contributed by atoms with Crippen LogP contribution in [0.4, 0.5) is 0 Å². The molecule has 0 N–H and O–H groups in total. The molecule has 0 aromatic carbocycles.